The van der Waals surface area contributed by atoms with Crippen LogP contribution in [-0.2, 0) is 23.7 Å². The van der Waals surface area contributed by atoms with Gasteiger partial charge in [-0.15, -0.1) is 0 Å². The van der Waals surface area contributed by atoms with Crippen molar-refractivity contribution in [1.82, 2.24) is 0 Å². The summed E-state index contributed by atoms with van der Waals surface area (Å²) in [5.41, 5.74) is 0. The minimum absolute atomic E-state index is 0.124. The van der Waals surface area contributed by atoms with Gasteiger partial charge < -0.3 is 23.7 Å². The Kier molecular flexibility index (Phi) is 16.1. The van der Waals surface area contributed by atoms with Crippen molar-refractivity contribution >= 4 is 0 Å². The molecular weight excluding hydrogens is 380 g/mol. The quantitative estimate of drug-likeness (QED) is 0.112. The van der Waals surface area contributed by atoms with Gasteiger partial charge in [0.2, 0.25) is 0 Å². The molecule has 0 radical (unpaired) electrons. The molecule has 180 valence electrons. The summed E-state index contributed by atoms with van der Waals surface area (Å²) >= 11 is 0. The summed E-state index contributed by atoms with van der Waals surface area (Å²) in [5.74, 6) is -0.803. The van der Waals surface area contributed by atoms with Crippen molar-refractivity contribution in [1.29, 1.82) is 0 Å². The fraction of sp³-hybridized carbons (Fsp3) is 1.00. The molecule has 0 bridgehead atoms. The van der Waals surface area contributed by atoms with Crippen LogP contribution in [0.15, 0.2) is 0 Å². The molecule has 0 spiro atoms. The summed E-state index contributed by atoms with van der Waals surface area (Å²) in [6, 6.07) is 0. The first-order chi connectivity index (χ1) is 14.6. The minimum Gasteiger partial charge on any atom is -0.376 e. The molecule has 1 fully saturated rings. The van der Waals surface area contributed by atoms with Crippen molar-refractivity contribution in [3.05, 3.63) is 0 Å². The van der Waals surface area contributed by atoms with Crippen LogP contribution >= 0.6 is 0 Å². The number of epoxide rings is 1. The van der Waals surface area contributed by atoms with E-state index in [-0.39, 0.29) is 12.0 Å². The summed E-state index contributed by atoms with van der Waals surface area (Å²) in [7, 11) is 0. The Morgan fingerprint density at radius 1 is 0.800 bits per heavy atom. The Balaban J connectivity index is 2.82. The monoisotopic (exact) mass is 430 g/mol. The van der Waals surface area contributed by atoms with E-state index in [0.29, 0.717) is 32.5 Å². The second kappa shape index (κ2) is 17.4. The summed E-state index contributed by atoms with van der Waals surface area (Å²) in [6.45, 7) is 14.3. The van der Waals surface area contributed by atoms with E-state index < -0.39 is 5.97 Å². The summed E-state index contributed by atoms with van der Waals surface area (Å²) in [4.78, 5) is 0. The first kappa shape index (κ1) is 27.8. The van der Waals surface area contributed by atoms with E-state index in [1.165, 1.54) is 38.5 Å². The van der Waals surface area contributed by atoms with Gasteiger partial charge in [0.1, 0.15) is 6.10 Å². The average molecular weight is 431 g/mol. The average Bonchev–Trinajstić information content (AvgIpc) is 3.58. The topological polar surface area (TPSA) is 49.5 Å². The van der Waals surface area contributed by atoms with Gasteiger partial charge in [-0.2, -0.15) is 0 Å². The van der Waals surface area contributed by atoms with E-state index in [1.54, 1.807) is 0 Å². The lowest BCUT2D eigenvalue weighted by Gasteiger charge is -2.40. The highest BCUT2D eigenvalue weighted by Gasteiger charge is 2.43. The van der Waals surface area contributed by atoms with Crippen molar-refractivity contribution in [3.63, 3.8) is 0 Å². The largest absolute Gasteiger partial charge is 0.376 e. The molecule has 30 heavy (non-hydrogen) atoms. The van der Waals surface area contributed by atoms with Crippen molar-refractivity contribution in [3.8, 4) is 0 Å². The van der Waals surface area contributed by atoms with Crippen LogP contribution in [0.4, 0.5) is 0 Å². The van der Waals surface area contributed by atoms with Crippen molar-refractivity contribution in [2.45, 2.75) is 123 Å². The van der Waals surface area contributed by atoms with Crippen LogP contribution in [0.1, 0.15) is 105 Å². The molecule has 0 aromatic heterocycles. The Morgan fingerprint density at radius 3 is 1.83 bits per heavy atom. The van der Waals surface area contributed by atoms with E-state index in [0.717, 1.165) is 38.7 Å². The number of hydrogen-bond acceptors (Lipinski definition) is 5. The van der Waals surface area contributed by atoms with Crippen LogP contribution in [0.25, 0.3) is 0 Å². The Bertz CT molecular complexity index is 364. The highest BCUT2D eigenvalue weighted by atomic mass is 16.9. The first-order valence-corrected chi connectivity index (χ1v) is 12.8. The highest BCUT2D eigenvalue weighted by Crippen LogP contribution is 2.35. The molecule has 1 rings (SSSR count). The lowest BCUT2D eigenvalue weighted by molar-refractivity contribution is -0.408. The standard InChI is InChI=1S/C25H50O5/c1-6-10-11-12-13-14-15-23(19-22(5)26-20-24-21-27-24)25(28-16-7-2,29-17-8-3)30-18-9-4/h22-24H,6-21H2,1-5H3. The third-order valence-electron chi connectivity index (χ3n) is 5.51. The molecule has 1 heterocycles. The number of unbranched alkanes of at least 4 members (excludes halogenated alkanes) is 5. The van der Waals surface area contributed by atoms with Crippen LogP contribution in [-0.4, -0.2) is 51.2 Å². The normalized spacial score (nSPS) is 18.5. The molecule has 0 amide bonds. The maximum Gasteiger partial charge on any atom is 0.285 e. The molecule has 1 aliphatic heterocycles. The van der Waals surface area contributed by atoms with E-state index in [4.69, 9.17) is 23.7 Å². The zero-order valence-corrected chi connectivity index (χ0v) is 20.6. The van der Waals surface area contributed by atoms with Gasteiger partial charge >= 0.3 is 0 Å². The highest BCUT2D eigenvalue weighted by molar-refractivity contribution is 4.77. The van der Waals surface area contributed by atoms with Gasteiger partial charge in [0, 0.05) is 5.92 Å². The maximum atomic E-state index is 6.35. The van der Waals surface area contributed by atoms with Crippen molar-refractivity contribution in [2.24, 2.45) is 5.92 Å². The van der Waals surface area contributed by atoms with E-state index in [1.807, 2.05) is 0 Å². The van der Waals surface area contributed by atoms with Gasteiger partial charge in [-0.1, -0.05) is 66.2 Å². The summed E-state index contributed by atoms with van der Waals surface area (Å²) in [6.07, 6.45) is 12.9. The van der Waals surface area contributed by atoms with Crippen molar-refractivity contribution < 1.29 is 23.7 Å². The van der Waals surface area contributed by atoms with Gasteiger partial charge in [0.05, 0.1) is 39.1 Å². The van der Waals surface area contributed by atoms with Crippen LogP contribution < -0.4 is 0 Å². The van der Waals surface area contributed by atoms with Gasteiger partial charge in [0.15, 0.2) is 0 Å². The third kappa shape index (κ3) is 12.0. The maximum absolute atomic E-state index is 6.35. The lowest BCUT2D eigenvalue weighted by atomic mass is 9.92. The molecular formula is C25H50O5. The molecule has 1 saturated heterocycles. The van der Waals surface area contributed by atoms with E-state index >= 15 is 0 Å². The molecule has 0 aromatic carbocycles. The Labute approximate surface area is 186 Å². The smallest absolute Gasteiger partial charge is 0.285 e. The Morgan fingerprint density at radius 2 is 1.33 bits per heavy atom. The van der Waals surface area contributed by atoms with Gasteiger partial charge in [-0.3, -0.25) is 0 Å². The van der Waals surface area contributed by atoms with Gasteiger partial charge in [-0.05, 0) is 39.0 Å². The zero-order valence-electron chi connectivity index (χ0n) is 20.6. The Hall–Kier alpha value is -0.200. The fourth-order valence-corrected chi connectivity index (χ4v) is 3.73. The van der Waals surface area contributed by atoms with Crippen LogP contribution in [0.5, 0.6) is 0 Å². The molecule has 3 atom stereocenters. The summed E-state index contributed by atoms with van der Waals surface area (Å²) < 4.78 is 30.4. The van der Waals surface area contributed by atoms with Crippen LogP contribution in [0.2, 0.25) is 0 Å². The number of rotatable bonds is 22. The van der Waals surface area contributed by atoms with Gasteiger partial charge in [-0.25, -0.2) is 0 Å². The lowest BCUT2D eigenvalue weighted by Crippen LogP contribution is -2.48. The molecule has 0 saturated carbocycles. The van der Waals surface area contributed by atoms with E-state index in [9.17, 15) is 0 Å². The van der Waals surface area contributed by atoms with Crippen molar-refractivity contribution in [2.75, 3.05) is 33.0 Å². The molecule has 5 heteroatoms. The van der Waals surface area contributed by atoms with E-state index in [2.05, 4.69) is 34.6 Å². The molecule has 0 N–H and O–H groups in total. The SMILES string of the molecule is CCCCCCCCC(CC(C)OCC1CO1)C(OCCC)(OCCC)OCCC. The molecule has 0 aliphatic carbocycles. The van der Waals surface area contributed by atoms with Gasteiger partial charge in [0.25, 0.3) is 5.97 Å². The van der Waals surface area contributed by atoms with Crippen LogP contribution in [0.3, 0.4) is 0 Å². The zero-order chi connectivity index (χ0) is 22.1. The first-order valence-electron chi connectivity index (χ1n) is 12.8. The molecule has 3 unspecified atom stereocenters. The summed E-state index contributed by atoms with van der Waals surface area (Å²) in [5, 5.41) is 0. The fourth-order valence-electron chi connectivity index (χ4n) is 3.73. The number of hydrogen-bond donors (Lipinski definition) is 0. The second-order valence-corrected chi connectivity index (χ2v) is 8.74. The predicted molar refractivity (Wildman–Crippen MR) is 123 cm³/mol. The molecule has 0 aromatic rings. The second-order valence-electron chi connectivity index (χ2n) is 8.74. The van der Waals surface area contributed by atoms with Crippen LogP contribution in [0, 0.1) is 5.92 Å². The number of ether oxygens (including phenoxy) is 5. The third-order valence-corrected chi connectivity index (χ3v) is 5.51. The minimum atomic E-state index is -0.959. The predicted octanol–water partition coefficient (Wildman–Crippen LogP) is 6.48. The molecule has 5 nitrogen and oxygen atoms in total. The molecule has 1 aliphatic rings.